The van der Waals surface area contributed by atoms with Crippen LogP contribution in [0.4, 0.5) is 10.5 Å². The van der Waals surface area contributed by atoms with Gasteiger partial charge in [-0.05, 0) is 42.9 Å². The van der Waals surface area contributed by atoms with E-state index in [0.717, 1.165) is 12.1 Å². The van der Waals surface area contributed by atoms with Crippen molar-refractivity contribution in [3.63, 3.8) is 0 Å². The van der Waals surface area contributed by atoms with Crippen molar-refractivity contribution in [1.29, 1.82) is 0 Å². The number of nitrogens with one attached hydrogen (secondary N) is 2. The van der Waals surface area contributed by atoms with Gasteiger partial charge in [0.1, 0.15) is 0 Å². The van der Waals surface area contributed by atoms with Crippen LogP contribution >= 0.6 is 0 Å². The van der Waals surface area contributed by atoms with Crippen molar-refractivity contribution < 1.29 is 9.90 Å². The number of aliphatic hydroxyl groups excluding tert-OH is 1. The summed E-state index contributed by atoms with van der Waals surface area (Å²) < 4.78 is 0. The van der Waals surface area contributed by atoms with Crippen LogP contribution < -0.4 is 10.6 Å². The fourth-order valence-electron chi connectivity index (χ4n) is 2.93. The molecule has 3 N–H and O–H groups in total. The lowest BCUT2D eigenvalue weighted by Crippen LogP contribution is -2.39. The summed E-state index contributed by atoms with van der Waals surface area (Å²) in [5, 5.41) is 15.4. The topological polar surface area (TPSA) is 61.4 Å². The minimum atomic E-state index is -0.532. The Labute approximate surface area is 126 Å². The van der Waals surface area contributed by atoms with Crippen molar-refractivity contribution >= 4 is 11.7 Å². The fraction of sp³-hybridized carbons (Fsp3) is 0.588. The number of aliphatic hydroxyl groups is 1. The predicted molar refractivity (Wildman–Crippen MR) is 85.3 cm³/mol. The van der Waals surface area contributed by atoms with Gasteiger partial charge in [-0.2, -0.15) is 0 Å². The number of hydrogen-bond donors (Lipinski definition) is 3. The molecule has 0 heterocycles. The zero-order chi connectivity index (χ0) is 15.3. The molecular formula is C17H26N2O2. The van der Waals surface area contributed by atoms with E-state index in [2.05, 4.69) is 17.6 Å². The van der Waals surface area contributed by atoms with E-state index in [4.69, 9.17) is 0 Å². The predicted octanol–water partition coefficient (Wildman–Crippen LogP) is 3.83. The molecule has 1 saturated carbocycles. The fourth-order valence-corrected chi connectivity index (χ4v) is 2.93. The van der Waals surface area contributed by atoms with Crippen LogP contribution in [0.2, 0.25) is 0 Å². The number of benzene rings is 1. The third-order valence-corrected chi connectivity index (χ3v) is 4.36. The van der Waals surface area contributed by atoms with Crippen molar-refractivity contribution in [3.05, 3.63) is 29.8 Å². The van der Waals surface area contributed by atoms with Crippen molar-refractivity contribution in [2.24, 2.45) is 5.41 Å². The van der Waals surface area contributed by atoms with E-state index in [-0.39, 0.29) is 11.4 Å². The van der Waals surface area contributed by atoms with E-state index < -0.39 is 6.10 Å². The Morgan fingerprint density at radius 2 is 2.05 bits per heavy atom. The molecule has 0 bridgehead atoms. The van der Waals surface area contributed by atoms with E-state index in [1.54, 1.807) is 13.0 Å². The molecule has 0 aliphatic heterocycles. The Morgan fingerprint density at radius 1 is 1.33 bits per heavy atom. The third kappa shape index (κ3) is 4.74. The molecule has 1 atom stereocenters. The zero-order valence-electron chi connectivity index (χ0n) is 13.0. The molecule has 1 fully saturated rings. The molecule has 0 saturated heterocycles. The van der Waals surface area contributed by atoms with Gasteiger partial charge < -0.3 is 15.7 Å². The van der Waals surface area contributed by atoms with E-state index in [1.165, 1.54) is 32.1 Å². The lowest BCUT2D eigenvalue weighted by Gasteiger charge is -2.33. The molecule has 1 aliphatic carbocycles. The van der Waals surface area contributed by atoms with Gasteiger partial charge in [0.15, 0.2) is 0 Å². The highest BCUT2D eigenvalue weighted by Crippen LogP contribution is 2.34. The second kappa shape index (κ2) is 6.94. The number of carbonyl (C=O) groups is 1. The van der Waals surface area contributed by atoms with E-state index in [1.807, 2.05) is 18.2 Å². The molecule has 0 spiro atoms. The Bertz CT molecular complexity index is 479. The van der Waals surface area contributed by atoms with Crippen LogP contribution in [0.25, 0.3) is 0 Å². The lowest BCUT2D eigenvalue weighted by atomic mass is 9.76. The third-order valence-electron chi connectivity index (χ3n) is 4.36. The van der Waals surface area contributed by atoms with Gasteiger partial charge in [0.2, 0.25) is 0 Å². The number of rotatable bonds is 4. The summed E-state index contributed by atoms with van der Waals surface area (Å²) >= 11 is 0. The lowest BCUT2D eigenvalue weighted by molar-refractivity contribution is 0.199. The van der Waals surface area contributed by atoms with Gasteiger partial charge in [-0.15, -0.1) is 0 Å². The summed E-state index contributed by atoms with van der Waals surface area (Å²) in [4.78, 5) is 12.0. The molecule has 2 rings (SSSR count). The number of urea groups is 1. The van der Waals surface area contributed by atoms with Crippen molar-refractivity contribution in [2.45, 2.75) is 52.1 Å². The molecule has 1 aromatic rings. The molecule has 2 amide bonds. The van der Waals surface area contributed by atoms with Crippen molar-refractivity contribution in [2.75, 3.05) is 11.9 Å². The van der Waals surface area contributed by atoms with Crippen LogP contribution in [0.3, 0.4) is 0 Å². The quantitative estimate of drug-likeness (QED) is 0.789. The van der Waals surface area contributed by atoms with Crippen molar-refractivity contribution in [3.8, 4) is 0 Å². The first kappa shape index (κ1) is 15.8. The van der Waals surface area contributed by atoms with Gasteiger partial charge in [0.05, 0.1) is 6.10 Å². The summed E-state index contributed by atoms with van der Waals surface area (Å²) in [6.45, 7) is 4.68. The van der Waals surface area contributed by atoms with Gasteiger partial charge >= 0.3 is 6.03 Å². The first-order valence-corrected chi connectivity index (χ1v) is 7.81. The molecule has 4 heteroatoms. The standard InChI is InChI=1S/C17H26N2O2/c1-13(20)14-7-6-8-15(11-14)19-16(21)18-12-17(2)9-4-3-5-10-17/h6-8,11,13,20H,3-5,9-10,12H2,1-2H3,(H2,18,19,21). The average Bonchev–Trinajstić information content (AvgIpc) is 2.46. The molecule has 4 nitrogen and oxygen atoms in total. The van der Waals surface area contributed by atoms with Crippen LogP contribution in [-0.2, 0) is 0 Å². The van der Waals surface area contributed by atoms with E-state index in [9.17, 15) is 9.90 Å². The molecule has 21 heavy (non-hydrogen) atoms. The highest BCUT2D eigenvalue weighted by atomic mass is 16.3. The summed E-state index contributed by atoms with van der Waals surface area (Å²) in [6.07, 6.45) is 5.67. The average molecular weight is 290 g/mol. The number of carbonyl (C=O) groups excluding carboxylic acids is 1. The maximum atomic E-state index is 12.0. The SMILES string of the molecule is CC(O)c1cccc(NC(=O)NCC2(C)CCCCC2)c1. The summed E-state index contributed by atoms with van der Waals surface area (Å²) in [6, 6.07) is 7.13. The summed E-state index contributed by atoms with van der Waals surface area (Å²) in [5.41, 5.74) is 1.74. The zero-order valence-corrected chi connectivity index (χ0v) is 13.0. The van der Waals surface area contributed by atoms with Crippen LogP contribution in [0.1, 0.15) is 57.6 Å². The molecule has 0 aromatic heterocycles. The summed E-state index contributed by atoms with van der Waals surface area (Å²) in [7, 11) is 0. The Morgan fingerprint density at radius 3 is 2.71 bits per heavy atom. The molecule has 1 unspecified atom stereocenters. The van der Waals surface area contributed by atoms with Gasteiger partial charge in [0.25, 0.3) is 0 Å². The minimum absolute atomic E-state index is 0.176. The van der Waals surface area contributed by atoms with Gasteiger partial charge in [0, 0.05) is 12.2 Å². The van der Waals surface area contributed by atoms with Crippen LogP contribution in [0.5, 0.6) is 0 Å². The molecule has 1 aromatic carbocycles. The van der Waals surface area contributed by atoms with Crippen LogP contribution in [-0.4, -0.2) is 17.7 Å². The largest absolute Gasteiger partial charge is 0.389 e. The minimum Gasteiger partial charge on any atom is -0.389 e. The smallest absolute Gasteiger partial charge is 0.319 e. The van der Waals surface area contributed by atoms with Gasteiger partial charge in [-0.1, -0.05) is 38.3 Å². The van der Waals surface area contributed by atoms with Gasteiger partial charge in [-0.25, -0.2) is 4.79 Å². The number of hydrogen-bond acceptors (Lipinski definition) is 2. The van der Waals surface area contributed by atoms with Crippen LogP contribution in [0.15, 0.2) is 24.3 Å². The Hall–Kier alpha value is -1.55. The highest BCUT2D eigenvalue weighted by molar-refractivity contribution is 5.89. The number of anilines is 1. The second-order valence-corrected chi connectivity index (χ2v) is 6.48. The van der Waals surface area contributed by atoms with E-state index >= 15 is 0 Å². The Kier molecular flexibility index (Phi) is 5.23. The van der Waals surface area contributed by atoms with E-state index in [0.29, 0.717) is 5.69 Å². The van der Waals surface area contributed by atoms with Crippen molar-refractivity contribution in [1.82, 2.24) is 5.32 Å². The second-order valence-electron chi connectivity index (χ2n) is 6.48. The first-order valence-electron chi connectivity index (χ1n) is 7.81. The first-order chi connectivity index (χ1) is 9.98. The monoisotopic (exact) mass is 290 g/mol. The maximum Gasteiger partial charge on any atom is 0.319 e. The number of amides is 2. The van der Waals surface area contributed by atoms with Gasteiger partial charge in [-0.3, -0.25) is 0 Å². The highest BCUT2D eigenvalue weighted by Gasteiger charge is 2.27. The Balaban J connectivity index is 1.85. The molecule has 1 aliphatic rings. The van der Waals surface area contributed by atoms with Crippen LogP contribution in [0, 0.1) is 5.41 Å². The maximum absolute atomic E-state index is 12.0. The molecule has 116 valence electrons. The normalized spacial score (nSPS) is 18.8. The molecular weight excluding hydrogens is 264 g/mol. The molecule has 0 radical (unpaired) electrons. The summed E-state index contributed by atoms with van der Waals surface area (Å²) in [5.74, 6) is 0.